The Hall–Kier alpha value is -1.03. The Labute approximate surface area is 109 Å². The Bertz CT molecular complexity index is 411. The van der Waals surface area contributed by atoms with Crippen molar-refractivity contribution in [3.8, 4) is 5.75 Å². The van der Waals surface area contributed by atoms with Crippen LogP contribution in [0.25, 0.3) is 0 Å². The highest BCUT2D eigenvalue weighted by molar-refractivity contribution is 9.10. The number of halogens is 1. The Morgan fingerprint density at radius 2 is 2.12 bits per heavy atom. The Kier molecular flexibility index (Phi) is 4.05. The zero-order chi connectivity index (χ0) is 12.3. The van der Waals surface area contributed by atoms with Crippen LogP contribution in [0.2, 0.25) is 0 Å². The van der Waals surface area contributed by atoms with Gasteiger partial charge in [0.1, 0.15) is 11.3 Å². The van der Waals surface area contributed by atoms with E-state index < -0.39 is 5.97 Å². The minimum absolute atomic E-state index is 0.220. The lowest BCUT2D eigenvalue weighted by atomic mass is 10.1. The molecule has 2 rings (SSSR count). The second-order valence-corrected chi connectivity index (χ2v) is 5.24. The van der Waals surface area contributed by atoms with Crippen molar-refractivity contribution in [3.63, 3.8) is 0 Å². The number of aromatic carboxylic acids is 1. The Morgan fingerprint density at radius 1 is 1.41 bits per heavy atom. The summed E-state index contributed by atoms with van der Waals surface area (Å²) >= 11 is 3.34. The zero-order valence-electron chi connectivity index (χ0n) is 9.49. The third kappa shape index (κ3) is 3.00. The van der Waals surface area contributed by atoms with Gasteiger partial charge in [-0.05, 0) is 46.8 Å². The summed E-state index contributed by atoms with van der Waals surface area (Å²) in [6.07, 6.45) is 4.89. The van der Waals surface area contributed by atoms with E-state index in [9.17, 15) is 4.79 Å². The zero-order valence-corrected chi connectivity index (χ0v) is 11.1. The van der Waals surface area contributed by atoms with Crippen LogP contribution in [0, 0.1) is 5.92 Å². The molecule has 1 fully saturated rings. The molecule has 1 saturated carbocycles. The molecule has 0 aliphatic heterocycles. The van der Waals surface area contributed by atoms with Crippen molar-refractivity contribution in [3.05, 3.63) is 28.2 Å². The molecule has 1 aliphatic rings. The lowest BCUT2D eigenvalue weighted by molar-refractivity contribution is 0.0691. The molecule has 0 aromatic heterocycles. The summed E-state index contributed by atoms with van der Waals surface area (Å²) in [5.74, 6) is 0.0726. The Morgan fingerprint density at radius 3 is 2.76 bits per heavy atom. The molecule has 0 heterocycles. The van der Waals surface area contributed by atoms with Crippen molar-refractivity contribution >= 4 is 21.9 Å². The second-order valence-electron chi connectivity index (χ2n) is 4.38. The van der Waals surface area contributed by atoms with Crippen LogP contribution in [0.15, 0.2) is 22.7 Å². The van der Waals surface area contributed by atoms with Gasteiger partial charge in [-0.3, -0.25) is 0 Å². The molecule has 1 aromatic carbocycles. The van der Waals surface area contributed by atoms with Gasteiger partial charge in [0.05, 0.1) is 11.1 Å². The highest BCUT2D eigenvalue weighted by Gasteiger charge is 2.19. The van der Waals surface area contributed by atoms with E-state index >= 15 is 0 Å². The smallest absolute Gasteiger partial charge is 0.339 e. The van der Waals surface area contributed by atoms with Gasteiger partial charge in [0.15, 0.2) is 0 Å². The lowest BCUT2D eigenvalue weighted by Gasteiger charge is -2.14. The SMILES string of the molecule is O=C(O)c1cccc(Br)c1OCC1CCCC1. The predicted octanol–water partition coefficient (Wildman–Crippen LogP) is 3.72. The summed E-state index contributed by atoms with van der Waals surface area (Å²) in [5, 5.41) is 9.08. The first kappa shape index (κ1) is 12.4. The number of hydrogen-bond acceptors (Lipinski definition) is 2. The van der Waals surface area contributed by atoms with Crippen LogP contribution in [0.1, 0.15) is 36.0 Å². The fourth-order valence-electron chi connectivity index (χ4n) is 2.20. The number of carboxylic acid groups (broad SMARTS) is 1. The molecule has 4 heteroatoms. The predicted molar refractivity (Wildman–Crippen MR) is 68.6 cm³/mol. The molecule has 3 nitrogen and oxygen atoms in total. The van der Waals surface area contributed by atoms with Crippen LogP contribution in [0.5, 0.6) is 5.75 Å². The van der Waals surface area contributed by atoms with Crippen molar-refractivity contribution in [2.24, 2.45) is 5.92 Å². The van der Waals surface area contributed by atoms with Crippen molar-refractivity contribution < 1.29 is 14.6 Å². The summed E-state index contributed by atoms with van der Waals surface area (Å²) in [6.45, 7) is 0.614. The lowest BCUT2D eigenvalue weighted by Crippen LogP contribution is -2.11. The molecule has 0 atom stereocenters. The van der Waals surface area contributed by atoms with E-state index in [0.29, 0.717) is 22.7 Å². The van der Waals surface area contributed by atoms with Gasteiger partial charge in [0.2, 0.25) is 0 Å². The van der Waals surface area contributed by atoms with Crippen molar-refractivity contribution in [2.75, 3.05) is 6.61 Å². The van der Waals surface area contributed by atoms with Gasteiger partial charge in [-0.25, -0.2) is 4.79 Å². The highest BCUT2D eigenvalue weighted by atomic mass is 79.9. The highest BCUT2D eigenvalue weighted by Crippen LogP contribution is 2.31. The van der Waals surface area contributed by atoms with Gasteiger partial charge in [-0.15, -0.1) is 0 Å². The molecule has 1 aromatic rings. The molecule has 0 saturated heterocycles. The van der Waals surface area contributed by atoms with Crippen LogP contribution in [-0.2, 0) is 0 Å². The van der Waals surface area contributed by atoms with E-state index in [0.717, 1.165) is 0 Å². The molecule has 0 bridgehead atoms. The number of hydrogen-bond donors (Lipinski definition) is 1. The number of rotatable bonds is 4. The van der Waals surface area contributed by atoms with E-state index in [2.05, 4.69) is 15.9 Å². The molecule has 1 N–H and O–H groups in total. The molecule has 92 valence electrons. The van der Waals surface area contributed by atoms with Gasteiger partial charge in [0.25, 0.3) is 0 Å². The summed E-state index contributed by atoms with van der Waals surface area (Å²) in [6, 6.07) is 5.07. The maximum absolute atomic E-state index is 11.1. The number of ether oxygens (including phenoxy) is 1. The fraction of sp³-hybridized carbons (Fsp3) is 0.462. The Balaban J connectivity index is 2.10. The summed E-state index contributed by atoms with van der Waals surface area (Å²) in [4.78, 5) is 11.1. The van der Waals surface area contributed by atoms with Crippen molar-refractivity contribution in [1.82, 2.24) is 0 Å². The second kappa shape index (κ2) is 5.54. The van der Waals surface area contributed by atoms with Crippen molar-refractivity contribution in [2.45, 2.75) is 25.7 Å². The minimum atomic E-state index is -0.951. The largest absolute Gasteiger partial charge is 0.491 e. The van der Waals surface area contributed by atoms with Crippen molar-refractivity contribution in [1.29, 1.82) is 0 Å². The molecule has 17 heavy (non-hydrogen) atoms. The van der Waals surface area contributed by atoms with Gasteiger partial charge in [0, 0.05) is 0 Å². The molecule has 0 spiro atoms. The van der Waals surface area contributed by atoms with Gasteiger partial charge >= 0.3 is 5.97 Å². The average molecular weight is 299 g/mol. The number of carboxylic acids is 1. The van der Waals surface area contributed by atoms with Gasteiger partial charge < -0.3 is 9.84 Å². The first-order valence-electron chi connectivity index (χ1n) is 5.83. The molecular weight excluding hydrogens is 284 g/mol. The first-order valence-corrected chi connectivity index (χ1v) is 6.62. The molecular formula is C13H15BrO3. The van der Waals surface area contributed by atoms with E-state index in [1.807, 2.05) is 0 Å². The monoisotopic (exact) mass is 298 g/mol. The van der Waals surface area contributed by atoms with E-state index in [4.69, 9.17) is 9.84 Å². The maximum Gasteiger partial charge on any atom is 0.339 e. The standard InChI is InChI=1S/C13H15BrO3/c14-11-7-3-6-10(13(15)16)12(11)17-8-9-4-1-2-5-9/h3,6-7,9H,1-2,4-5,8H2,(H,15,16). The topological polar surface area (TPSA) is 46.5 Å². The quantitative estimate of drug-likeness (QED) is 0.921. The summed E-state index contributed by atoms with van der Waals surface area (Å²) in [5.41, 5.74) is 0.220. The van der Waals surface area contributed by atoms with Crippen LogP contribution in [0.4, 0.5) is 0 Å². The number of benzene rings is 1. The van der Waals surface area contributed by atoms with Crippen LogP contribution >= 0.6 is 15.9 Å². The average Bonchev–Trinajstić information content (AvgIpc) is 2.80. The number of para-hydroxylation sites is 1. The van der Waals surface area contributed by atoms with E-state index in [1.54, 1.807) is 18.2 Å². The number of carbonyl (C=O) groups is 1. The summed E-state index contributed by atoms with van der Waals surface area (Å²) in [7, 11) is 0. The van der Waals surface area contributed by atoms with E-state index in [1.165, 1.54) is 25.7 Å². The van der Waals surface area contributed by atoms with Gasteiger partial charge in [-0.1, -0.05) is 18.9 Å². The molecule has 0 amide bonds. The van der Waals surface area contributed by atoms with Crippen LogP contribution in [-0.4, -0.2) is 17.7 Å². The third-order valence-corrected chi connectivity index (χ3v) is 3.76. The normalized spacial score (nSPS) is 16.1. The van der Waals surface area contributed by atoms with E-state index in [-0.39, 0.29) is 5.56 Å². The van der Waals surface area contributed by atoms with Crippen LogP contribution in [0.3, 0.4) is 0 Å². The molecule has 1 aliphatic carbocycles. The minimum Gasteiger partial charge on any atom is -0.491 e. The van der Waals surface area contributed by atoms with Gasteiger partial charge in [-0.2, -0.15) is 0 Å². The molecule has 0 unspecified atom stereocenters. The van der Waals surface area contributed by atoms with Crippen LogP contribution < -0.4 is 4.74 Å². The summed E-state index contributed by atoms with van der Waals surface area (Å²) < 4.78 is 6.39. The maximum atomic E-state index is 11.1. The third-order valence-electron chi connectivity index (χ3n) is 3.14. The first-order chi connectivity index (χ1) is 8.18. The fourth-order valence-corrected chi connectivity index (χ4v) is 2.68. The molecule has 0 radical (unpaired) electrons.